The number of alkyl halides is 3. The first-order chi connectivity index (χ1) is 12.9. The Morgan fingerprint density at radius 3 is 2.41 bits per heavy atom. The molecule has 1 aliphatic carbocycles. The van der Waals surface area contributed by atoms with Gasteiger partial charge in [0.2, 0.25) is 0 Å². The quantitative estimate of drug-likeness (QED) is 0.779. The van der Waals surface area contributed by atoms with E-state index in [2.05, 4.69) is 4.90 Å². The summed E-state index contributed by atoms with van der Waals surface area (Å²) in [5, 5.41) is 0. The molecule has 2 N–H and O–H groups in total. The molecular weight excluding hydrogens is 353 g/mol. The Bertz CT molecular complexity index is 577. The summed E-state index contributed by atoms with van der Waals surface area (Å²) in [6, 6.07) is 5.83. The van der Waals surface area contributed by atoms with Crippen LogP contribution in [0.3, 0.4) is 0 Å². The smallest absolute Gasteiger partial charge is 0.373 e. The Morgan fingerprint density at radius 2 is 1.74 bits per heavy atom. The number of benzene rings is 1. The summed E-state index contributed by atoms with van der Waals surface area (Å²) >= 11 is 0. The molecule has 0 unspecified atom stereocenters. The number of hydrogen-bond donors (Lipinski definition) is 1. The second-order valence-electron chi connectivity index (χ2n) is 8.12. The maximum absolute atomic E-state index is 12.8. The van der Waals surface area contributed by atoms with Crippen molar-refractivity contribution >= 4 is 0 Å². The molecule has 1 aromatic rings. The van der Waals surface area contributed by atoms with E-state index < -0.39 is 11.7 Å². The van der Waals surface area contributed by atoms with Crippen LogP contribution in [-0.2, 0) is 17.5 Å². The normalized spacial score (nSPS) is 25.6. The van der Waals surface area contributed by atoms with Crippen molar-refractivity contribution in [2.45, 2.75) is 69.9 Å². The number of rotatable bonds is 6. The lowest BCUT2D eigenvalue weighted by atomic mass is 9.84. The third kappa shape index (κ3) is 6.47. The Hall–Kier alpha value is -1.11. The fraction of sp³-hybridized carbons (Fsp3) is 0.714. The maximum Gasteiger partial charge on any atom is 0.416 e. The second-order valence-corrected chi connectivity index (χ2v) is 8.12. The number of nitrogens with zero attached hydrogens (tertiary/aromatic N) is 1. The fourth-order valence-electron chi connectivity index (χ4n) is 4.19. The summed E-state index contributed by atoms with van der Waals surface area (Å²) in [5.74, 6) is 0.819. The van der Waals surface area contributed by atoms with Crippen molar-refractivity contribution in [1.29, 1.82) is 0 Å². The molecule has 0 radical (unpaired) electrons. The average molecular weight is 384 g/mol. The molecule has 0 bridgehead atoms. The van der Waals surface area contributed by atoms with Gasteiger partial charge < -0.3 is 15.4 Å². The predicted octanol–water partition coefficient (Wildman–Crippen LogP) is 4.59. The predicted molar refractivity (Wildman–Crippen MR) is 100 cm³/mol. The van der Waals surface area contributed by atoms with Gasteiger partial charge in [-0.2, -0.15) is 13.2 Å². The van der Waals surface area contributed by atoms with Crippen LogP contribution in [0.4, 0.5) is 13.2 Å². The van der Waals surface area contributed by atoms with Crippen molar-refractivity contribution in [3.05, 3.63) is 35.4 Å². The number of nitrogens with two attached hydrogens (primary N) is 1. The molecule has 1 saturated carbocycles. The topological polar surface area (TPSA) is 38.5 Å². The summed E-state index contributed by atoms with van der Waals surface area (Å²) in [4.78, 5) is 2.50. The van der Waals surface area contributed by atoms with Gasteiger partial charge in [0.05, 0.1) is 18.3 Å². The number of hydrogen-bond acceptors (Lipinski definition) is 3. The van der Waals surface area contributed by atoms with Crippen molar-refractivity contribution < 1.29 is 17.9 Å². The molecule has 152 valence electrons. The summed E-state index contributed by atoms with van der Waals surface area (Å²) in [6.45, 7) is 3.41. The molecule has 0 atom stereocenters. The van der Waals surface area contributed by atoms with Gasteiger partial charge in [0.1, 0.15) is 0 Å². The zero-order valence-corrected chi connectivity index (χ0v) is 15.9. The van der Waals surface area contributed by atoms with Gasteiger partial charge in [-0.25, -0.2) is 0 Å². The highest BCUT2D eigenvalue weighted by molar-refractivity contribution is 5.25. The van der Waals surface area contributed by atoms with Crippen molar-refractivity contribution in [3.63, 3.8) is 0 Å². The van der Waals surface area contributed by atoms with Crippen LogP contribution >= 0.6 is 0 Å². The van der Waals surface area contributed by atoms with Crippen LogP contribution in [0.1, 0.15) is 56.1 Å². The molecule has 1 aromatic carbocycles. The van der Waals surface area contributed by atoms with Crippen molar-refractivity contribution in [2.24, 2.45) is 11.7 Å². The third-order valence-corrected chi connectivity index (χ3v) is 6.02. The first-order valence-corrected chi connectivity index (χ1v) is 10.2. The first-order valence-electron chi connectivity index (χ1n) is 10.2. The van der Waals surface area contributed by atoms with E-state index in [9.17, 15) is 13.2 Å². The molecule has 0 aromatic heterocycles. The molecule has 1 heterocycles. The van der Waals surface area contributed by atoms with E-state index in [1.165, 1.54) is 31.4 Å². The summed E-state index contributed by atoms with van der Waals surface area (Å²) in [7, 11) is 0. The van der Waals surface area contributed by atoms with Crippen molar-refractivity contribution in [1.82, 2.24) is 4.90 Å². The summed E-state index contributed by atoms with van der Waals surface area (Å²) in [5.41, 5.74) is 5.95. The molecule has 0 amide bonds. The van der Waals surface area contributed by atoms with Crippen LogP contribution in [0, 0.1) is 5.92 Å². The van der Waals surface area contributed by atoms with Gasteiger partial charge in [-0.05, 0) is 75.1 Å². The van der Waals surface area contributed by atoms with Gasteiger partial charge in [-0.15, -0.1) is 0 Å². The van der Waals surface area contributed by atoms with E-state index in [1.54, 1.807) is 6.07 Å². The highest BCUT2D eigenvalue weighted by Gasteiger charge is 2.30. The van der Waals surface area contributed by atoms with Crippen LogP contribution < -0.4 is 5.73 Å². The molecule has 2 fully saturated rings. The standard InChI is InChI=1S/C21H31F3N2O/c22-21(23,24)18-3-1-2-17(14-18)15-27-20-9-12-26(13-10-20)11-8-16-4-6-19(25)7-5-16/h1-3,14,16,19-20H,4-13,15,25H2. The number of piperidine rings is 1. The van der Waals surface area contributed by atoms with Gasteiger partial charge in [-0.1, -0.05) is 12.1 Å². The molecular formula is C21H31F3N2O. The van der Waals surface area contributed by atoms with E-state index in [4.69, 9.17) is 10.5 Å². The van der Waals surface area contributed by atoms with Gasteiger partial charge in [-0.3, -0.25) is 0 Å². The molecule has 27 heavy (non-hydrogen) atoms. The highest BCUT2D eigenvalue weighted by Crippen LogP contribution is 2.30. The molecule has 1 aliphatic heterocycles. The molecule has 2 aliphatic rings. The van der Waals surface area contributed by atoms with Gasteiger partial charge in [0.25, 0.3) is 0 Å². The fourth-order valence-corrected chi connectivity index (χ4v) is 4.19. The molecule has 6 heteroatoms. The molecule has 1 saturated heterocycles. The zero-order valence-electron chi connectivity index (χ0n) is 15.9. The number of halogens is 3. The van der Waals surface area contributed by atoms with Crippen LogP contribution in [0.2, 0.25) is 0 Å². The monoisotopic (exact) mass is 384 g/mol. The lowest BCUT2D eigenvalue weighted by Gasteiger charge is -2.34. The van der Waals surface area contributed by atoms with Gasteiger partial charge >= 0.3 is 6.18 Å². The third-order valence-electron chi connectivity index (χ3n) is 6.02. The second kappa shape index (κ2) is 9.39. The van der Waals surface area contributed by atoms with Crippen LogP contribution in [0.25, 0.3) is 0 Å². The van der Waals surface area contributed by atoms with Crippen LogP contribution in [0.15, 0.2) is 24.3 Å². The first kappa shape index (κ1) is 20.6. The minimum Gasteiger partial charge on any atom is -0.373 e. The average Bonchev–Trinajstić information content (AvgIpc) is 2.66. The van der Waals surface area contributed by atoms with E-state index in [-0.39, 0.29) is 12.7 Å². The van der Waals surface area contributed by atoms with Crippen molar-refractivity contribution in [2.75, 3.05) is 19.6 Å². The Kier molecular flexibility index (Phi) is 7.17. The highest BCUT2D eigenvalue weighted by atomic mass is 19.4. The Balaban J connectivity index is 1.35. The SMILES string of the molecule is NC1CCC(CCN2CCC(OCc3cccc(C(F)(F)F)c3)CC2)CC1. The van der Waals surface area contributed by atoms with Crippen LogP contribution in [0.5, 0.6) is 0 Å². The largest absolute Gasteiger partial charge is 0.416 e. The Morgan fingerprint density at radius 1 is 1.04 bits per heavy atom. The number of likely N-dealkylation sites (tertiary alicyclic amines) is 1. The minimum absolute atomic E-state index is 0.142. The van der Waals surface area contributed by atoms with E-state index >= 15 is 0 Å². The number of ether oxygens (including phenoxy) is 1. The van der Waals surface area contributed by atoms with Crippen LogP contribution in [-0.4, -0.2) is 36.7 Å². The molecule has 0 spiro atoms. The minimum atomic E-state index is -4.30. The van der Waals surface area contributed by atoms with Crippen molar-refractivity contribution in [3.8, 4) is 0 Å². The lowest BCUT2D eigenvalue weighted by molar-refractivity contribution is -0.137. The summed E-state index contributed by atoms with van der Waals surface area (Å²) < 4.78 is 44.2. The van der Waals surface area contributed by atoms with E-state index in [0.717, 1.165) is 57.3 Å². The summed E-state index contributed by atoms with van der Waals surface area (Å²) in [6.07, 6.45) is 3.85. The van der Waals surface area contributed by atoms with E-state index in [0.29, 0.717) is 11.6 Å². The Labute approximate surface area is 160 Å². The molecule has 3 nitrogen and oxygen atoms in total. The van der Waals surface area contributed by atoms with Gasteiger partial charge in [0.15, 0.2) is 0 Å². The van der Waals surface area contributed by atoms with E-state index in [1.807, 2.05) is 0 Å². The maximum atomic E-state index is 12.8. The van der Waals surface area contributed by atoms with Gasteiger partial charge in [0, 0.05) is 19.1 Å². The zero-order chi connectivity index (χ0) is 19.3. The molecule has 3 rings (SSSR count). The lowest BCUT2D eigenvalue weighted by Crippen LogP contribution is -2.38.